The minimum atomic E-state index is 0.501. The zero-order chi connectivity index (χ0) is 11.5. The Labute approximate surface area is 98.3 Å². The number of benzene rings is 1. The van der Waals surface area contributed by atoms with Crippen LogP contribution in [-0.2, 0) is 6.61 Å². The maximum atomic E-state index is 5.57. The minimum Gasteiger partial charge on any atom is -0.460 e. The van der Waals surface area contributed by atoms with E-state index in [9.17, 15) is 0 Å². The minimum absolute atomic E-state index is 0.501. The predicted molar refractivity (Wildman–Crippen MR) is 64.7 cm³/mol. The number of fused-ring (bicyclic) bond motifs is 1. The highest BCUT2D eigenvalue weighted by Crippen LogP contribution is 2.13. The quantitative estimate of drug-likeness (QED) is 0.745. The SMILES string of the molecule is c1ccc(COc2nc3ncccc3[nH]2)cc1. The number of rotatable bonds is 3. The van der Waals surface area contributed by atoms with Crippen LogP contribution in [0.1, 0.15) is 5.56 Å². The van der Waals surface area contributed by atoms with Crippen molar-refractivity contribution in [1.29, 1.82) is 0 Å². The summed E-state index contributed by atoms with van der Waals surface area (Å²) >= 11 is 0. The summed E-state index contributed by atoms with van der Waals surface area (Å²) < 4.78 is 5.57. The number of aromatic nitrogens is 3. The lowest BCUT2D eigenvalue weighted by Crippen LogP contribution is -1.96. The van der Waals surface area contributed by atoms with E-state index in [4.69, 9.17) is 4.74 Å². The Hall–Kier alpha value is -2.36. The average Bonchev–Trinajstić information content (AvgIpc) is 2.80. The third-order valence-electron chi connectivity index (χ3n) is 2.45. The molecule has 2 heterocycles. The average molecular weight is 225 g/mol. The fraction of sp³-hybridized carbons (Fsp3) is 0.0769. The molecule has 0 unspecified atom stereocenters. The van der Waals surface area contributed by atoms with Gasteiger partial charge >= 0.3 is 0 Å². The van der Waals surface area contributed by atoms with Crippen LogP contribution >= 0.6 is 0 Å². The predicted octanol–water partition coefficient (Wildman–Crippen LogP) is 2.54. The third-order valence-corrected chi connectivity index (χ3v) is 2.45. The van der Waals surface area contributed by atoms with Gasteiger partial charge in [0.05, 0.1) is 5.52 Å². The zero-order valence-electron chi connectivity index (χ0n) is 9.13. The van der Waals surface area contributed by atoms with Crippen molar-refractivity contribution in [2.45, 2.75) is 6.61 Å². The molecular formula is C13H11N3O. The molecule has 0 saturated heterocycles. The first kappa shape index (κ1) is 9.84. The van der Waals surface area contributed by atoms with Crippen molar-refractivity contribution < 1.29 is 4.74 Å². The zero-order valence-corrected chi connectivity index (χ0v) is 9.13. The van der Waals surface area contributed by atoms with Gasteiger partial charge in [0.1, 0.15) is 6.61 Å². The lowest BCUT2D eigenvalue weighted by atomic mass is 10.2. The van der Waals surface area contributed by atoms with Crippen LogP contribution in [0.2, 0.25) is 0 Å². The van der Waals surface area contributed by atoms with Gasteiger partial charge in [-0.05, 0) is 17.7 Å². The molecule has 0 aliphatic heterocycles. The number of nitrogens with zero attached hydrogens (tertiary/aromatic N) is 2. The summed E-state index contributed by atoms with van der Waals surface area (Å²) in [6, 6.07) is 14.3. The Kier molecular flexibility index (Phi) is 2.46. The number of ether oxygens (including phenoxy) is 1. The van der Waals surface area contributed by atoms with Crippen LogP contribution in [0.3, 0.4) is 0 Å². The maximum absolute atomic E-state index is 5.57. The molecule has 0 aliphatic carbocycles. The van der Waals surface area contributed by atoms with Crippen LogP contribution < -0.4 is 4.74 Å². The number of imidazole rings is 1. The second-order valence-electron chi connectivity index (χ2n) is 3.69. The van der Waals surface area contributed by atoms with Crippen molar-refractivity contribution >= 4 is 11.2 Å². The van der Waals surface area contributed by atoms with Crippen LogP contribution in [0.15, 0.2) is 48.7 Å². The Morgan fingerprint density at radius 1 is 1.06 bits per heavy atom. The lowest BCUT2D eigenvalue weighted by Gasteiger charge is -2.01. The molecule has 0 spiro atoms. The molecular weight excluding hydrogens is 214 g/mol. The van der Waals surface area contributed by atoms with Gasteiger partial charge in [0.15, 0.2) is 5.65 Å². The Morgan fingerprint density at radius 3 is 2.76 bits per heavy atom. The topological polar surface area (TPSA) is 50.8 Å². The van der Waals surface area contributed by atoms with Crippen molar-refractivity contribution in [3.63, 3.8) is 0 Å². The van der Waals surface area contributed by atoms with Gasteiger partial charge in [0.25, 0.3) is 6.01 Å². The maximum Gasteiger partial charge on any atom is 0.296 e. The Morgan fingerprint density at radius 2 is 1.94 bits per heavy atom. The number of nitrogens with one attached hydrogen (secondary N) is 1. The second kappa shape index (κ2) is 4.25. The summed E-state index contributed by atoms with van der Waals surface area (Å²) in [7, 11) is 0. The summed E-state index contributed by atoms with van der Waals surface area (Å²) in [5, 5.41) is 0. The number of hydrogen-bond acceptors (Lipinski definition) is 3. The molecule has 0 atom stereocenters. The summed E-state index contributed by atoms with van der Waals surface area (Å²) in [5.41, 5.74) is 2.67. The normalized spacial score (nSPS) is 10.6. The standard InChI is InChI=1S/C13H11N3O/c1-2-5-10(6-3-1)9-17-13-15-11-7-4-8-14-12(11)16-13/h1-8H,9H2,(H,14,15,16). The molecule has 1 N–H and O–H groups in total. The molecule has 0 saturated carbocycles. The fourth-order valence-electron chi connectivity index (χ4n) is 1.62. The van der Waals surface area contributed by atoms with Gasteiger partial charge in [-0.1, -0.05) is 30.3 Å². The van der Waals surface area contributed by atoms with Crippen molar-refractivity contribution in [1.82, 2.24) is 15.0 Å². The summed E-state index contributed by atoms with van der Waals surface area (Å²) in [6.07, 6.45) is 1.71. The van der Waals surface area contributed by atoms with Crippen molar-refractivity contribution in [2.75, 3.05) is 0 Å². The molecule has 1 aromatic carbocycles. The van der Waals surface area contributed by atoms with E-state index < -0.39 is 0 Å². The summed E-state index contributed by atoms with van der Waals surface area (Å²) in [6.45, 7) is 0.501. The van der Waals surface area contributed by atoms with Crippen molar-refractivity contribution in [3.05, 3.63) is 54.2 Å². The molecule has 3 rings (SSSR count). The highest BCUT2D eigenvalue weighted by atomic mass is 16.5. The van der Waals surface area contributed by atoms with Gasteiger partial charge < -0.3 is 9.72 Å². The van der Waals surface area contributed by atoms with Crippen molar-refractivity contribution in [3.8, 4) is 6.01 Å². The first-order valence-corrected chi connectivity index (χ1v) is 5.39. The van der Waals surface area contributed by atoms with Gasteiger partial charge in [-0.3, -0.25) is 0 Å². The van der Waals surface area contributed by atoms with Gasteiger partial charge in [-0.2, -0.15) is 4.98 Å². The van der Waals surface area contributed by atoms with E-state index in [0.29, 0.717) is 18.3 Å². The highest BCUT2D eigenvalue weighted by Gasteiger charge is 2.03. The van der Waals surface area contributed by atoms with E-state index in [0.717, 1.165) is 11.1 Å². The molecule has 0 radical (unpaired) electrons. The molecule has 3 aromatic rings. The van der Waals surface area contributed by atoms with E-state index in [-0.39, 0.29) is 0 Å². The number of aromatic amines is 1. The van der Waals surface area contributed by atoms with Crippen LogP contribution in [0.5, 0.6) is 6.01 Å². The Bertz CT molecular complexity index is 586. The van der Waals surface area contributed by atoms with E-state index in [1.165, 1.54) is 0 Å². The number of H-pyrrole nitrogens is 1. The molecule has 0 bridgehead atoms. The van der Waals surface area contributed by atoms with E-state index in [2.05, 4.69) is 15.0 Å². The van der Waals surface area contributed by atoms with Crippen LogP contribution in [0.25, 0.3) is 11.2 Å². The molecule has 0 aliphatic rings. The highest BCUT2D eigenvalue weighted by molar-refractivity contribution is 5.70. The van der Waals surface area contributed by atoms with Crippen molar-refractivity contribution in [2.24, 2.45) is 0 Å². The van der Waals surface area contributed by atoms with Gasteiger partial charge in [0, 0.05) is 6.20 Å². The van der Waals surface area contributed by atoms with Gasteiger partial charge in [-0.15, -0.1) is 0 Å². The summed E-state index contributed by atoms with van der Waals surface area (Å²) in [4.78, 5) is 11.4. The van der Waals surface area contributed by atoms with E-state index >= 15 is 0 Å². The van der Waals surface area contributed by atoms with Crippen LogP contribution in [0, 0.1) is 0 Å². The van der Waals surface area contributed by atoms with E-state index in [1.807, 2.05) is 42.5 Å². The molecule has 4 heteroatoms. The molecule has 84 valence electrons. The third kappa shape index (κ3) is 2.10. The van der Waals surface area contributed by atoms with E-state index in [1.54, 1.807) is 6.20 Å². The molecule has 0 fully saturated rings. The number of pyridine rings is 1. The smallest absolute Gasteiger partial charge is 0.296 e. The molecule has 4 nitrogen and oxygen atoms in total. The van der Waals surface area contributed by atoms with Gasteiger partial charge in [0.2, 0.25) is 0 Å². The lowest BCUT2D eigenvalue weighted by molar-refractivity contribution is 0.284. The van der Waals surface area contributed by atoms with Crippen LogP contribution in [-0.4, -0.2) is 15.0 Å². The largest absolute Gasteiger partial charge is 0.460 e. The number of hydrogen-bond donors (Lipinski definition) is 1. The molecule has 0 amide bonds. The molecule has 2 aromatic heterocycles. The first-order chi connectivity index (χ1) is 8.42. The van der Waals surface area contributed by atoms with Crippen LogP contribution in [0.4, 0.5) is 0 Å². The summed E-state index contributed by atoms with van der Waals surface area (Å²) in [5.74, 6) is 0. The first-order valence-electron chi connectivity index (χ1n) is 5.39. The second-order valence-corrected chi connectivity index (χ2v) is 3.69. The molecule has 17 heavy (non-hydrogen) atoms. The monoisotopic (exact) mass is 225 g/mol. The van der Waals surface area contributed by atoms with Gasteiger partial charge in [-0.25, -0.2) is 4.98 Å². The Balaban J connectivity index is 1.77. The fourth-order valence-corrected chi connectivity index (χ4v) is 1.62.